The highest BCUT2D eigenvalue weighted by atomic mass is 16.5. The first-order chi connectivity index (χ1) is 8.66. The molecule has 1 aliphatic carbocycles. The zero-order valence-electron chi connectivity index (χ0n) is 11.6. The Kier molecular flexibility index (Phi) is 5.01. The predicted molar refractivity (Wildman–Crippen MR) is 71.4 cm³/mol. The Labute approximate surface area is 110 Å². The third kappa shape index (κ3) is 3.69. The number of carbonyl (C=O) groups excluding carboxylic acids is 1. The second-order valence-electron chi connectivity index (χ2n) is 5.70. The van der Waals surface area contributed by atoms with E-state index >= 15 is 0 Å². The Balaban J connectivity index is 1.73. The summed E-state index contributed by atoms with van der Waals surface area (Å²) in [4.78, 5) is 12.1. The van der Waals surface area contributed by atoms with Crippen molar-refractivity contribution in [3.8, 4) is 0 Å². The number of hydrogen-bond acceptors (Lipinski definition) is 3. The molecular formula is C14H26N2O2. The molecule has 0 bridgehead atoms. The Morgan fingerprint density at radius 3 is 2.56 bits per heavy atom. The van der Waals surface area contributed by atoms with Gasteiger partial charge in [0.2, 0.25) is 5.91 Å². The van der Waals surface area contributed by atoms with Gasteiger partial charge in [0.25, 0.3) is 0 Å². The molecule has 2 aliphatic rings. The van der Waals surface area contributed by atoms with Crippen LogP contribution in [0.3, 0.4) is 0 Å². The first-order valence-corrected chi connectivity index (χ1v) is 7.35. The molecule has 0 radical (unpaired) electrons. The molecule has 1 saturated carbocycles. The summed E-state index contributed by atoms with van der Waals surface area (Å²) in [6, 6.07) is 0.589. The van der Waals surface area contributed by atoms with Gasteiger partial charge >= 0.3 is 0 Å². The maximum absolute atomic E-state index is 12.1. The van der Waals surface area contributed by atoms with Gasteiger partial charge in [-0.3, -0.25) is 4.79 Å². The van der Waals surface area contributed by atoms with Gasteiger partial charge in [0.15, 0.2) is 0 Å². The van der Waals surface area contributed by atoms with Crippen LogP contribution in [0.25, 0.3) is 0 Å². The van der Waals surface area contributed by atoms with E-state index in [4.69, 9.17) is 4.74 Å². The van der Waals surface area contributed by atoms with Crippen LogP contribution in [0.4, 0.5) is 0 Å². The number of hydrogen-bond donors (Lipinski definition) is 2. The number of carbonyl (C=O) groups is 1. The number of nitrogens with one attached hydrogen (secondary N) is 2. The molecule has 0 spiro atoms. The Morgan fingerprint density at radius 1 is 1.22 bits per heavy atom. The summed E-state index contributed by atoms with van der Waals surface area (Å²) in [6.45, 7) is 4.81. The zero-order chi connectivity index (χ0) is 13.0. The van der Waals surface area contributed by atoms with Crippen molar-refractivity contribution < 1.29 is 9.53 Å². The van der Waals surface area contributed by atoms with Crippen LogP contribution in [0.1, 0.15) is 52.4 Å². The van der Waals surface area contributed by atoms with Gasteiger partial charge in [0.1, 0.15) is 0 Å². The van der Waals surface area contributed by atoms with E-state index in [0.717, 1.165) is 25.9 Å². The molecule has 104 valence electrons. The first kappa shape index (κ1) is 13.8. The van der Waals surface area contributed by atoms with Crippen molar-refractivity contribution in [1.82, 2.24) is 10.6 Å². The third-order valence-electron chi connectivity index (χ3n) is 4.19. The molecule has 18 heavy (non-hydrogen) atoms. The monoisotopic (exact) mass is 254 g/mol. The lowest BCUT2D eigenvalue weighted by atomic mass is 9.95. The molecule has 0 aromatic rings. The molecule has 4 heteroatoms. The normalized spacial score (nSPS) is 31.2. The molecule has 2 fully saturated rings. The smallest absolute Gasteiger partial charge is 0.237 e. The molecule has 2 N–H and O–H groups in total. The van der Waals surface area contributed by atoms with Crippen molar-refractivity contribution in [2.45, 2.75) is 76.6 Å². The summed E-state index contributed by atoms with van der Waals surface area (Å²) in [5.74, 6) is 0.140. The summed E-state index contributed by atoms with van der Waals surface area (Å²) in [5, 5.41) is 6.55. The maximum atomic E-state index is 12.1. The Morgan fingerprint density at radius 2 is 1.94 bits per heavy atom. The lowest BCUT2D eigenvalue weighted by molar-refractivity contribution is -0.123. The Hall–Kier alpha value is -0.610. The van der Waals surface area contributed by atoms with E-state index in [-0.39, 0.29) is 18.1 Å². The highest BCUT2D eigenvalue weighted by Crippen LogP contribution is 2.17. The maximum Gasteiger partial charge on any atom is 0.237 e. The van der Waals surface area contributed by atoms with E-state index in [1.54, 1.807) is 0 Å². The number of amides is 1. The van der Waals surface area contributed by atoms with Crippen LogP contribution in [0, 0.1) is 0 Å². The molecule has 3 unspecified atom stereocenters. The van der Waals surface area contributed by atoms with Crippen molar-refractivity contribution in [2.24, 2.45) is 0 Å². The predicted octanol–water partition coefficient (Wildman–Crippen LogP) is 1.59. The van der Waals surface area contributed by atoms with Gasteiger partial charge in [-0.1, -0.05) is 19.3 Å². The molecule has 1 saturated heterocycles. The topological polar surface area (TPSA) is 50.4 Å². The minimum atomic E-state index is -0.124. The summed E-state index contributed by atoms with van der Waals surface area (Å²) in [7, 11) is 0. The second-order valence-corrected chi connectivity index (χ2v) is 5.70. The van der Waals surface area contributed by atoms with E-state index in [1.165, 1.54) is 19.3 Å². The van der Waals surface area contributed by atoms with Crippen molar-refractivity contribution in [3.63, 3.8) is 0 Å². The SMILES string of the molecule is CC(NC1CCOC1C)C(=O)NC1CCCCC1. The van der Waals surface area contributed by atoms with Crippen molar-refractivity contribution in [1.29, 1.82) is 0 Å². The molecule has 3 atom stereocenters. The van der Waals surface area contributed by atoms with Gasteiger partial charge in [-0.15, -0.1) is 0 Å². The second kappa shape index (κ2) is 6.53. The fraction of sp³-hybridized carbons (Fsp3) is 0.929. The van der Waals surface area contributed by atoms with Crippen molar-refractivity contribution >= 4 is 5.91 Å². The standard InChI is InChI=1S/C14H26N2O2/c1-10(15-13-8-9-18-11(13)2)14(17)16-12-6-4-3-5-7-12/h10-13,15H,3-9H2,1-2H3,(H,16,17). The minimum absolute atomic E-state index is 0.124. The molecule has 2 rings (SSSR count). The lowest BCUT2D eigenvalue weighted by Gasteiger charge is -2.26. The lowest BCUT2D eigenvalue weighted by Crippen LogP contribution is -2.51. The largest absolute Gasteiger partial charge is 0.377 e. The molecule has 1 heterocycles. The van der Waals surface area contributed by atoms with Gasteiger partial charge in [0.05, 0.1) is 12.1 Å². The molecule has 4 nitrogen and oxygen atoms in total. The van der Waals surface area contributed by atoms with Crippen LogP contribution in [-0.2, 0) is 9.53 Å². The van der Waals surface area contributed by atoms with Crippen molar-refractivity contribution in [2.75, 3.05) is 6.61 Å². The average Bonchev–Trinajstić information content (AvgIpc) is 2.76. The molecule has 1 amide bonds. The number of rotatable bonds is 4. The van der Waals surface area contributed by atoms with Crippen LogP contribution in [-0.4, -0.2) is 36.7 Å². The van der Waals surface area contributed by atoms with Crippen LogP contribution in [0.5, 0.6) is 0 Å². The average molecular weight is 254 g/mol. The van der Waals surface area contributed by atoms with Gasteiger partial charge in [-0.05, 0) is 33.1 Å². The third-order valence-corrected chi connectivity index (χ3v) is 4.19. The Bertz CT molecular complexity index is 277. The fourth-order valence-corrected chi connectivity index (χ4v) is 2.92. The van der Waals surface area contributed by atoms with E-state index in [0.29, 0.717) is 12.1 Å². The zero-order valence-corrected chi connectivity index (χ0v) is 11.6. The van der Waals surface area contributed by atoms with Gasteiger partial charge in [-0.25, -0.2) is 0 Å². The van der Waals surface area contributed by atoms with Crippen LogP contribution < -0.4 is 10.6 Å². The van der Waals surface area contributed by atoms with Gasteiger partial charge in [-0.2, -0.15) is 0 Å². The van der Waals surface area contributed by atoms with E-state index < -0.39 is 0 Å². The molecular weight excluding hydrogens is 228 g/mol. The van der Waals surface area contributed by atoms with Gasteiger partial charge < -0.3 is 15.4 Å². The van der Waals surface area contributed by atoms with Crippen LogP contribution in [0.2, 0.25) is 0 Å². The summed E-state index contributed by atoms with van der Waals surface area (Å²) in [6.07, 6.45) is 7.32. The van der Waals surface area contributed by atoms with Gasteiger partial charge in [0, 0.05) is 18.7 Å². The number of ether oxygens (including phenoxy) is 1. The molecule has 1 aliphatic heterocycles. The molecule has 0 aromatic heterocycles. The summed E-state index contributed by atoms with van der Waals surface area (Å²) < 4.78 is 5.50. The van der Waals surface area contributed by atoms with E-state index in [1.807, 2.05) is 6.92 Å². The fourth-order valence-electron chi connectivity index (χ4n) is 2.92. The summed E-state index contributed by atoms with van der Waals surface area (Å²) >= 11 is 0. The highest BCUT2D eigenvalue weighted by Gasteiger charge is 2.28. The minimum Gasteiger partial charge on any atom is -0.377 e. The van der Waals surface area contributed by atoms with E-state index in [9.17, 15) is 4.79 Å². The van der Waals surface area contributed by atoms with Crippen LogP contribution in [0.15, 0.2) is 0 Å². The van der Waals surface area contributed by atoms with Crippen molar-refractivity contribution in [3.05, 3.63) is 0 Å². The molecule has 0 aromatic carbocycles. The van der Waals surface area contributed by atoms with Crippen LogP contribution >= 0.6 is 0 Å². The highest BCUT2D eigenvalue weighted by molar-refractivity contribution is 5.81. The summed E-state index contributed by atoms with van der Waals surface area (Å²) in [5.41, 5.74) is 0. The quantitative estimate of drug-likeness (QED) is 0.801. The van der Waals surface area contributed by atoms with E-state index in [2.05, 4.69) is 17.6 Å². The first-order valence-electron chi connectivity index (χ1n) is 7.35.